The molecule has 1 aromatic rings. The summed E-state index contributed by atoms with van der Waals surface area (Å²) in [4.78, 5) is 22.9. The zero-order valence-corrected chi connectivity index (χ0v) is 13.2. The van der Waals surface area contributed by atoms with Gasteiger partial charge in [-0.1, -0.05) is 51.1 Å². The first kappa shape index (κ1) is 17.2. The number of carbonyl (C=O) groups excluding carboxylic acids is 1. The standard InChI is InChI=1S/C17H25NO3/c1-12(14-8-6-5-7-9-14)13(2)18-15(19)10-17(3,4)11-16(20)21/h5-9,12-13H,10-11H2,1-4H3,(H,18,19)(H,20,21). The molecule has 0 bridgehead atoms. The molecule has 1 rings (SSSR count). The van der Waals surface area contributed by atoms with E-state index in [2.05, 4.69) is 12.2 Å². The third-order valence-electron chi connectivity index (χ3n) is 3.73. The van der Waals surface area contributed by atoms with Crippen molar-refractivity contribution >= 4 is 11.9 Å². The average Bonchev–Trinajstić information content (AvgIpc) is 2.36. The Balaban J connectivity index is 2.56. The molecule has 0 saturated heterocycles. The quantitative estimate of drug-likeness (QED) is 0.810. The molecular weight excluding hydrogens is 266 g/mol. The van der Waals surface area contributed by atoms with Gasteiger partial charge in [-0.25, -0.2) is 0 Å². The molecular formula is C17H25NO3. The zero-order valence-electron chi connectivity index (χ0n) is 13.2. The Morgan fingerprint density at radius 3 is 2.24 bits per heavy atom. The lowest BCUT2D eigenvalue weighted by Gasteiger charge is -2.25. The summed E-state index contributed by atoms with van der Waals surface area (Å²) in [7, 11) is 0. The molecule has 4 nitrogen and oxygen atoms in total. The Hall–Kier alpha value is -1.84. The zero-order chi connectivity index (χ0) is 16.0. The smallest absolute Gasteiger partial charge is 0.303 e. The molecule has 0 heterocycles. The lowest BCUT2D eigenvalue weighted by Crippen LogP contribution is -2.38. The second kappa shape index (κ2) is 7.25. The first-order chi connectivity index (χ1) is 9.71. The molecule has 0 fully saturated rings. The van der Waals surface area contributed by atoms with Crippen LogP contribution < -0.4 is 5.32 Å². The Labute approximate surface area is 126 Å². The van der Waals surface area contributed by atoms with Gasteiger partial charge in [0.15, 0.2) is 0 Å². The van der Waals surface area contributed by atoms with Crippen molar-refractivity contribution < 1.29 is 14.7 Å². The van der Waals surface area contributed by atoms with Crippen LogP contribution >= 0.6 is 0 Å². The summed E-state index contributed by atoms with van der Waals surface area (Å²) in [6.07, 6.45) is 0.203. The van der Waals surface area contributed by atoms with Crippen molar-refractivity contribution in [3.8, 4) is 0 Å². The number of carboxylic acids is 1. The van der Waals surface area contributed by atoms with Gasteiger partial charge in [0.2, 0.25) is 5.91 Å². The highest BCUT2D eigenvalue weighted by Crippen LogP contribution is 2.25. The van der Waals surface area contributed by atoms with E-state index in [0.717, 1.165) is 0 Å². The van der Waals surface area contributed by atoms with Crippen LogP contribution in [0, 0.1) is 5.41 Å². The maximum absolute atomic E-state index is 12.1. The van der Waals surface area contributed by atoms with E-state index in [9.17, 15) is 9.59 Å². The van der Waals surface area contributed by atoms with E-state index >= 15 is 0 Å². The molecule has 21 heavy (non-hydrogen) atoms. The average molecular weight is 291 g/mol. The van der Waals surface area contributed by atoms with E-state index in [1.807, 2.05) is 37.3 Å². The van der Waals surface area contributed by atoms with Crippen LogP contribution in [0.4, 0.5) is 0 Å². The molecule has 0 aliphatic rings. The summed E-state index contributed by atoms with van der Waals surface area (Å²) in [5, 5.41) is 11.8. The maximum atomic E-state index is 12.1. The lowest BCUT2D eigenvalue weighted by atomic mass is 9.85. The van der Waals surface area contributed by atoms with Crippen molar-refractivity contribution in [3.63, 3.8) is 0 Å². The molecule has 2 unspecified atom stereocenters. The number of carboxylic acid groups (broad SMARTS) is 1. The SMILES string of the molecule is CC(NC(=O)CC(C)(C)CC(=O)O)C(C)c1ccccc1. The van der Waals surface area contributed by atoms with E-state index in [4.69, 9.17) is 5.11 Å². The summed E-state index contributed by atoms with van der Waals surface area (Å²) in [6, 6.07) is 10.0. The van der Waals surface area contributed by atoms with Gasteiger partial charge in [0.1, 0.15) is 0 Å². The van der Waals surface area contributed by atoms with Gasteiger partial charge in [0, 0.05) is 18.4 Å². The molecule has 2 N–H and O–H groups in total. The van der Waals surface area contributed by atoms with Crippen LogP contribution in [-0.2, 0) is 9.59 Å². The number of aliphatic carboxylic acids is 1. The number of amides is 1. The Bertz CT molecular complexity index is 482. The van der Waals surface area contributed by atoms with Crippen LogP contribution in [0.2, 0.25) is 0 Å². The van der Waals surface area contributed by atoms with Gasteiger partial charge in [-0.2, -0.15) is 0 Å². The molecule has 0 aliphatic carbocycles. The van der Waals surface area contributed by atoms with Gasteiger partial charge in [-0.15, -0.1) is 0 Å². The van der Waals surface area contributed by atoms with Crippen LogP contribution in [0.3, 0.4) is 0 Å². The molecule has 1 amide bonds. The molecule has 0 radical (unpaired) electrons. The van der Waals surface area contributed by atoms with E-state index in [0.29, 0.717) is 0 Å². The number of nitrogens with one attached hydrogen (secondary N) is 1. The minimum Gasteiger partial charge on any atom is -0.481 e. The predicted molar refractivity (Wildman–Crippen MR) is 83.1 cm³/mol. The molecule has 2 atom stereocenters. The second-order valence-corrected chi connectivity index (χ2v) is 6.47. The molecule has 4 heteroatoms. The molecule has 0 aromatic heterocycles. The van der Waals surface area contributed by atoms with Crippen molar-refractivity contribution in [2.45, 2.75) is 52.5 Å². The molecule has 0 spiro atoms. The third-order valence-corrected chi connectivity index (χ3v) is 3.73. The fourth-order valence-electron chi connectivity index (χ4n) is 2.38. The van der Waals surface area contributed by atoms with Crippen molar-refractivity contribution in [3.05, 3.63) is 35.9 Å². The molecule has 116 valence electrons. The predicted octanol–water partition coefficient (Wildman–Crippen LogP) is 3.19. The van der Waals surface area contributed by atoms with Gasteiger partial charge in [-0.05, 0) is 17.9 Å². The van der Waals surface area contributed by atoms with Gasteiger partial charge in [-0.3, -0.25) is 9.59 Å². The largest absolute Gasteiger partial charge is 0.481 e. The molecule has 0 aliphatic heterocycles. The van der Waals surface area contributed by atoms with Gasteiger partial charge in [0.05, 0.1) is 6.42 Å². The van der Waals surface area contributed by atoms with Crippen molar-refractivity contribution in [1.82, 2.24) is 5.32 Å². The van der Waals surface area contributed by atoms with Crippen molar-refractivity contribution in [1.29, 1.82) is 0 Å². The van der Waals surface area contributed by atoms with Crippen molar-refractivity contribution in [2.75, 3.05) is 0 Å². The highest BCUT2D eigenvalue weighted by atomic mass is 16.4. The number of hydrogen-bond donors (Lipinski definition) is 2. The summed E-state index contributed by atoms with van der Waals surface area (Å²) in [5.41, 5.74) is 0.640. The van der Waals surface area contributed by atoms with E-state index < -0.39 is 11.4 Å². The van der Waals surface area contributed by atoms with Gasteiger partial charge >= 0.3 is 5.97 Å². The first-order valence-corrected chi connectivity index (χ1v) is 7.27. The monoisotopic (exact) mass is 291 g/mol. The third kappa shape index (κ3) is 5.98. The Kier molecular flexibility index (Phi) is 5.94. The first-order valence-electron chi connectivity index (χ1n) is 7.27. The fraction of sp³-hybridized carbons (Fsp3) is 0.529. The second-order valence-electron chi connectivity index (χ2n) is 6.47. The summed E-state index contributed by atoms with van der Waals surface area (Å²) >= 11 is 0. The molecule has 0 saturated carbocycles. The van der Waals surface area contributed by atoms with Crippen LogP contribution in [0.15, 0.2) is 30.3 Å². The highest BCUT2D eigenvalue weighted by Gasteiger charge is 2.26. The van der Waals surface area contributed by atoms with E-state index in [1.54, 1.807) is 13.8 Å². The summed E-state index contributed by atoms with van der Waals surface area (Å²) in [6.45, 7) is 7.64. The van der Waals surface area contributed by atoms with E-state index in [-0.39, 0.29) is 30.7 Å². The van der Waals surface area contributed by atoms with Crippen LogP contribution in [0.1, 0.15) is 52.0 Å². The number of rotatable bonds is 7. The van der Waals surface area contributed by atoms with Gasteiger partial charge < -0.3 is 10.4 Å². The van der Waals surface area contributed by atoms with Crippen LogP contribution in [0.25, 0.3) is 0 Å². The summed E-state index contributed by atoms with van der Waals surface area (Å²) < 4.78 is 0. The van der Waals surface area contributed by atoms with Crippen LogP contribution in [0.5, 0.6) is 0 Å². The summed E-state index contributed by atoms with van der Waals surface area (Å²) in [5.74, 6) is -0.771. The normalized spacial score (nSPS) is 14.3. The number of carbonyl (C=O) groups is 2. The minimum atomic E-state index is -0.876. The number of benzene rings is 1. The molecule has 1 aromatic carbocycles. The van der Waals surface area contributed by atoms with Crippen molar-refractivity contribution in [2.24, 2.45) is 5.41 Å². The fourth-order valence-corrected chi connectivity index (χ4v) is 2.38. The minimum absolute atomic E-state index is 0.000489. The Morgan fingerprint density at radius 2 is 1.71 bits per heavy atom. The maximum Gasteiger partial charge on any atom is 0.303 e. The topological polar surface area (TPSA) is 66.4 Å². The van der Waals surface area contributed by atoms with E-state index in [1.165, 1.54) is 5.56 Å². The highest BCUT2D eigenvalue weighted by molar-refractivity contribution is 5.78. The van der Waals surface area contributed by atoms with Crippen LogP contribution in [-0.4, -0.2) is 23.0 Å². The lowest BCUT2D eigenvalue weighted by molar-refractivity contribution is -0.139. The number of hydrogen-bond acceptors (Lipinski definition) is 2. The van der Waals surface area contributed by atoms with Gasteiger partial charge in [0.25, 0.3) is 0 Å². The Morgan fingerprint density at radius 1 is 1.14 bits per heavy atom.